The predicted molar refractivity (Wildman–Crippen MR) is 56.3 cm³/mol. The third kappa shape index (κ3) is 1.87. The minimum Gasteiger partial charge on any atom is -0.335 e. The summed E-state index contributed by atoms with van der Waals surface area (Å²) in [6, 6.07) is 0. The highest BCUT2D eigenvalue weighted by Crippen LogP contribution is 2.24. The Morgan fingerprint density at radius 3 is 3.00 bits per heavy atom. The maximum atomic E-state index is 11.8. The summed E-state index contributed by atoms with van der Waals surface area (Å²) in [5, 5.41) is 6.38. The minimum absolute atomic E-state index is 0.0147. The van der Waals surface area contributed by atoms with Gasteiger partial charge in [0.25, 0.3) is 5.91 Å². The highest BCUT2D eigenvalue weighted by atomic mass is 16.2. The van der Waals surface area contributed by atoms with Crippen molar-refractivity contribution < 1.29 is 4.79 Å². The number of carbonyl (C=O) groups is 1. The second-order valence-electron chi connectivity index (χ2n) is 4.26. The Labute approximate surface area is 88.6 Å². The number of rotatable bonds is 3. The van der Waals surface area contributed by atoms with E-state index in [1.807, 2.05) is 0 Å². The number of likely N-dealkylation sites (tertiary alicyclic amines) is 1. The summed E-state index contributed by atoms with van der Waals surface area (Å²) < 4.78 is 0. The van der Waals surface area contributed by atoms with E-state index in [0.29, 0.717) is 18.7 Å². The number of nitrogens with one attached hydrogen (secondary N) is 1. The first kappa shape index (κ1) is 10.2. The van der Waals surface area contributed by atoms with Gasteiger partial charge < -0.3 is 10.6 Å². The zero-order valence-electron chi connectivity index (χ0n) is 8.86. The second kappa shape index (κ2) is 3.66. The fourth-order valence-corrected chi connectivity index (χ4v) is 2.06. The molecule has 1 amide bonds. The normalized spacial score (nSPS) is 18.7. The maximum absolute atomic E-state index is 11.8. The molecule has 2 rings (SSSR count). The molecule has 0 unspecified atom stereocenters. The Hall–Kier alpha value is -1.36. The Morgan fingerprint density at radius 1 is 1.73 bits per heavy atom. The van der Waals surface area contributed by atoms with Gasteiger partial charge in [0.15, 0.2) is 0 Å². The van der Waals surface area contributed by atoms with Crippen LogP contribution < -0.4 is 5.73 Å². The Bertz CT molecular complexity index is 340. The molecular weight excluding hydrogens is 192 g/mol. The minimum atomic E-state index is -0.159. The fourth-order valence-electron chi connectivity index (χ4n) is 2.06. The summed E-state index contributed by atoms with van der Waals surface area (Å²) in [7, 11) is 0. The molecule has 1 aliphatic rings. The summed E-state index contributed by atoms with van der Waals surface area (Å²) in [6.07, 6.45) is 5.18. The molecule has 5 nitrogen and oxygen atoms in total. The summed E-state index contributed by atoms with van der Waals surface area (Å²) in [5.41, 5.74) is 6.52. The molecule has 15 heavy (non-hydrogen) atoms. The van der Waals surface area contributed by atoms with Crippen LogP contribution in [0.5, 0.6) is 0 Å². The van der Waals surface area contributed by atoms with E-state index in [4.69, 9.17) is 5.73 Å². The highest BCUT2D eigenvalue weighted by Gasteiger charge is 2.41. The van der Waals surface area contributed by atoms with Crippen LogP contribution in [-0.2, 0) is 0 Å². The van der Waals surface area contributed by atoms with Crippen molar-refractivity contribution in [2.45, 2.75) is 25.3 Å². The van der Waals surface area contributed by atoms with E-state index in [0.717, 1.165) is 12.8 Å². The van der Waals surface area contributed by atoms with Gasteiger partial charge in [-0.25, -0.2) is 0 Å². The third-order valence-electron chi connectivity index (χ3n) is 2.79. The van der Waals surface area contributed by atoms with Crippen molar-refractivity contribution in [2.24, 2.45) is 5.73 Å². The third-order valence-corrected chi connectivity index (χ3v) is 2.79. The van der Waals surface area contributed by atoms with E-state index < -0.39 is 0 Å². The molecule has 1 aromatic rings. The lowest BCUT2D eigenvalue weighted by Crippen LogP contribution is -2.68. The van der Waals surface area contributed by atoms with Gasteiger partial charge in [-0.05, 0) is 6.42 Å². The molecule has 0 bridgehead atoms. The summed E-state index contributed by atoms with van der Waals surface area (Å²) in [4.78, 5) is 13.6. The van der Waals surface area contributed by atoms with Crippen molar-refractivity contribution in [3.05, 3.63) is 18.0 Å². The molecule has 82 valence electrons. The molecule has 0 aliphatic carbocycles. The number of nitrogens with two attached hydrogens (primary N) is 1. The van der Waals surface area contributed by atoms with Crippen LogP contribution in [0, 0.1) is 0 Å². The van der Waals surface area contributed by atoms with Gasteiger partial charge in [-0.3, -0.25) is 9.89 Å². The van der Waals surface area contributed by atoms with E-state index in [-0.39, 0.29) is 11.4 Å². The summed E-state index contributed by atoms with van der Waals surface area (Å²) >= 11 is 0. The first-order valence-corrected chi connectivity index (χ1v) is 5.21. The van der Waals surface area contributed by atoms with Crippen molar-refractivity contribution >= 4 is 5.91 Å². The van der Waals surface area contributed by atoms with E-state index in [2.05, 4.69) is 17.1 Å². The molecule has 0 aromatic carbocycles. The topological polar surface area (TPSA) is 75.0 Å². The molecule has 0 spiro atoms. The Balaban J connectivity index is 1.92. The molecule has 0 saturated carbocycles. The van der Waals surface area contributed by atoms with Gasteiger partial charge >= 0.3 is 0 Å². The number of H-pyrrole nitrogens is 1. The molecule has 0 radical (unpaired) electrons. The van der Waals surface area contributed by atoms with Crippen LogP contribution >= 0.6 is 0 Å². The number of aromatic amines is 1. The quantitative estimate of drug-likeness (QED) is 0.753. The van der Waals surface area contributed by atoms with Crippen molar-refractivity contribution in [1.29, 1.82) is 0 Å². The summed E-state index contributed by atoms with van der Waals surface area (Å²) in [5.74, 6) is 0.0147. The van der Waals surface area contributed by atoms with Gasteiger partial charge in [0.1, 0.15) is 0 Å². The molecular formula is C10H16N4O. The highest BCUT2D eigenvalue weighted by molar-refractivity contribution is 5.94. The predicted octanol–water partition coefficient (Wildman–Crippen LogP) is 0.363. The average molecular weight is 208 g/mol. The van der Waals surface area contributed by atoms with Crippen molar-refractivity contribution in [2.75, 3.05) is 13.1 Å². The van der Waals surface area contributed by atoms with Gasteiger partial charge in [0, 0.05) is 19.3 Å². The molecule has 2 heterocycles. The number of aromatic nitrogens is 2. The van der Waals surface area contributed by atoms with E-state index in [9.17, 15) is 4.79 Å². The van der Waals surface area contributed by atoms with Crippen LogP contribution in [0.1, 0.15) is 30.1 Å². The molecule has 1 fully saturated rings. The van der Waals surface area contributed by atoms with Crippen molar-refractivity contribution in [1.82, 2.24) is 15.1 Å². The van der Waals surface area contributed by atoms with E-state index in [1.165, 1.54) is 0 Å². The molecule has 5 heteroatoms. The van der Waals surface area contributed by atoms with Gasteiger partial charge in [0.05, 0.1) is 17.3 Å². The lowest BCUT2D eigenvalue weighted by atomic mass is 9.86. The average Bonchev–Trinajstić information content (AvgIpc) is 2.66. The van der Waals surface area contributed by atoms with Crippen LogP contribution in [0.3, 0.4) is 0 Å². The lowest BCUT2D eigenvalue weighted by molar-refractivity contribution is 0.0386. The van der Waals surface area contributed by atoms with Crippen LogP contribution in [0.2, 0.25) is 0 Å². The monoisotopic (exact) mass is 208 g/mol. The zero-order valence-corrected chi connectivity index (χ0v) is 8.86. The van der Waals surface area contributed by atoms with Crippen LogP contribution in [0.15, 0.2) is 12.4 Å². The number of hydrogen-bond donors (Lipinski definition) is 2. The molecule has 1 aromatic heterocycles. The standard InChI is InChI=1S/C10H16N4O/c1-2-3-10(11)6-14(7-10)9(15)8-4-12-13-5-8/h4-5H,2-3,6-7,11H2,1H3,(H,12,13). The van der Waals surface area contributed by atoms with E-state index >= 15 is 0 Å². The maximum Gasteiger partial charge on any atom is 0.257 e. The lowest BCUT2D eigenvalue weighted by Gasteiger charge is -2.47. The molecule has 3 N–H and O–H groups in total. The van der Waals surface area contributed by atoms with Crippen molar-refractivity contribution in [3.63, 3.8) is 0 Å². The fraction of sp³-hybridized carbons (Fsp3) is 0.600. The number of amides is 1. The molecule has 1 aliphatic heterocycles. The van der Waals surface area contributed by atoms with Crippen LogP contribution in [0.25, 0.3) is 0 Å². The molecule has 0 atom stereocenters. The van der Waals surface area contributed by atoms with Crippen molar-refractivity contribution in [3.8, 4) is 0 Å². The number of nitrogens with zero attached hydrogens (tertiary/aromatic N) is 2. The Morgan fingerprint density at radius 2 is 2.47 bits per heavy atom. The number of carbonyl (C=O) groups excluding carboxylic acids is 1. The van der Waals surface area contributed by atoms with Crippen LogP contribution in [-0.4, -0.2) is 39.6 Å². The largest absolute Gasteiger partial charge is 0.335 e. The second-order valence-corrected chi connectivity index (χ2v) is 4.26. The smallest absolute Gasteiger partial charge is 0.257 e. The van der Waals surface area contributed by atoms with Gasteiger partial charge in [-0.15, -0.1) is 0 Å². The van der Waals surface area contributed by atoms with Gasteiger partial charge in [-0.2, -0.15) is 5.10 Å². The SMILES string of the molecule is CCCC1(N)CN(C(=O)c2cn[nH]c2)C1. The van der Waals surface area contributed by atoms with Gasteiger partial charge in [0.2, 0.25) is 0 Å². The van der Waals surface area contributed by atoms with Gasteiger partial charge in [-0.1, -0.05) is 13.3 Å². The number of hydrogen-bond acceptors (Lipinski definition) is 3. The zero-order chi connectivity index (χ0) is 10.9. The Kier molecular flexibility index (Phi) is 2.48. The van der Waals surface area contributed by atoms with Crippen LogP contribution in [0.4, 0.5) is 0 Å². The first-order chi connectivity index (χ1) is 7.14. The molecule has 1 saturated heterocycles. The van der Waals surface area contributed by atoms with E-state index in [1.54, 1.807) is 17.3 Å². The summed E-state index contributed by atoms with van der Waals surface area (Å²) in [6.45, 7) is 3.42. The first-order valence-electron chi connectivity index (χ1n) is 5.21.